The third-order valence-electron chi connectivity index (χ3n) is 13.5. The second kappa shape index (κ2) is 54.9. The quantitative estimate of drug-likeness (QED) is 0.0321. The zero-order chi connectivity index (χ0) is 47.2. The van der Waals surface area contributed by atoms with Crippen LogP contribution in [0.2, 0.25) is 0 Å². The van der Waals surface area contributed by atoms with Gasteiger partial charge in [-0.25, -0.2) is 0 Å². The van der Waals surface area contributed by atoms with Gasteiger partial charge in [0.1, 0.15) is 0 Å². The van der Waals surface area contributed by atoms with E-state index in [9.17, 15) is 19.8 Å². The van der Waals surface area contributed by atoms with E-state index in [0.29, 0.717) is 19.4 Å². The minimum atomic E-state index is -0.863. The second-order valence-electron chi connectivity index (χ2n) is 20.0. The monoisotopic (exact) mass is 916 g/mol. The van der Waals surface area contributed by atoms with Crippen LogP contribution >= 0.6 is 0 Å². The van der Waals surface area contributed by atoms with Crippen LogP contribution in [0.3, 0.4) is 0 Å². The zero-order valence-electron chi connectivity index (χ0n) is 43.7. The average Bonchev–Trinajstić information content (AvgIpc) is 3.31. The van der Waals surface area contributed by atoms with Crippen molar-refractivity contribution in [2.45, 2.75) is 328 Å². The smallest absolute Gasteiger partial charge is 0.305 e. The summed E-state index contributed by atoms with van der Waals surface area (Å²) in [6, 6.07) is -0.649. The lowest BCUT2D eigenvalue weighted by atomic mass is 10.0. The molecule has 0 aliphatic rings. The van der Waals surface area contributed by atoms with Crippen LogP contribution in [0.25, 0.3) is 0 Å². The topological polar surface area (TPSA) is 95.9 Å². The maximum atomic E-state index is 12.5. The number of carbonyl (C=O) groups is 2. The van der Waals surface area contributed by atoms with Gasteiger partial charge in [0, 0.05) is 12.8 Å². The fraction of sp³-hybridized carbons (Fsp3) is 0.898. The Labute approximate surface area is 405 Å². The zero-order valence-corrected chi connectivity index (χ0v) is 43.7. The first kappa shape index (κ1) is 63.3. The maximum Gasteiger partial charge on any atom is 0.305 e. The molecule has 0 aliphatic heterocycles. The second-order valence-corrected chi connectivity index (χ2v) is 20.0. The van der Waals surface area contributed by atoms with Crippen molar-refractivity contribution in [1.29, 1.82) is 0 Å². The van der Waals surface area contributed by atoms with Crippen LogP contribution in [0.5, 0.6) is 0 Å². The molecule has 0 spiro atoms. The Bertz CT molecular complexity index is 1010. The molecule has 0 aromatic heterocycles. The van der Waals surface area contributed by atoms with Gasteiger partial charge in [0.2, 0.25) is 5.91 Å². The molecule has 0 bridgehead atoms. The summed E-state index contributed by atoms with van der Waals surface area (Å²) in [6.07, 6.45) is 66.3. The first-order chi connectivity index (χ1) is 32.0. The minimum Gasteiger partial charge on any atom is -0.466 e. The van der Waals surface area contributed by atoms with Gasteiger partial charge >= 0.3 is 5.97 Å². The molecule has 0 heterocycles. The van der Waals surface area contributed by atoms with E-state index in [-0.39, 0.29) is 18.5 Å². The number of amides is 1. The van der Waals surface area contributed by atoms with E-state index >= 15 is 0 Å². The molecule has 3 N–H and O–H groups in total. The van der Waals surface area contributed by atoms with Crippen LogP contribution in [0.4, 0.5) is 0 Å². The molecule has 0 saturated carbocycles. The number of ether oxygens (including phenoxy) is 1. The molecular formula is C59H113NO5. The Kier molecular flexibility index (Phi) is 53.5. The number of hydrogen-bond donors (Lipinski definition) is 3. The molecule has 65 heavy (non-hydrogen) atoms. The average molecular weight is 917 g/mol. The molecule has 0 fully saturated rings. The largest absolute Gasteiger partial charge is 0.466 e. The van der Waals surface area contributed by atoms with Crippen molar-refractivity contribution in [2.24, 2.45) is 0 Å². The molecule has 0 saturated heterocycles. The molecule has 0 aliphatic carbocycles. The Morgan fingerprint density at radius 3 is 1.09 bits per heavy atom. The molecule has 2 unspecified atom stereocenters. The van der Waals surface area contributed by atoms with Crippen molar-refractivity contribution in [3.05, 3.63) is 24.3 Å². The summed E-state index contributed by atoms with van der Waals surface area (Å²) in [4.78, 5) is 24.5. The number of carbonyl (C=O) groups excluding carboxylic acids is 2. The standard InChI is InChI=1S/C59H113NO5/c1-3-5-7-9-11-13-15-17-19-21-23-24-26-28-31-35-39-43-47-51-57(62)56(55-61)60-58(63)52-48-44-40-36-32-30-34-38-42-46-50-54-65-59(64)53-49-45-41-37-33-29-27-25-22-20-18-16-14-12-10-8-6-4-2/h34,38,47,51,56-57,61-62H,3-33,35-37,39-46,48-50,52-55H2,1-2H3,(H,60,63)/b38-34-,51-47+. The summed E-state index contributed by atoms with van der Waals surface area (Å²) in [5.74, 6) is -0.123. The van der Waals surface area contributed by atoms with Gasteiger partial charge in [-0.05, 0) is 57.8 Å². The third kappa shape index (κ3) is 51.6. The van der Waals surface area contributed by atoms with Crippen LogP contribution in [-0.4, -0.2) is 47.4 Å². The number of nitrogens with one attached hydrogen (secondary N) is 1. The van der Waals surface area contributed by atoms with Gasteiger partial charge in [0.05, 0.1) is 25.4 Å². The molecule has 2 atom stereocenters. The molecule has 0 radical (unpaired) electrons. The summed E-state index contributed by atoms with van der Waals surface area (Å²) in [5, 5.41) is 23.1. The molecule has 6 heteroatoms. The lowest BCUT2D eigenvalue weighted by molar-refractivity contribution is -0.143. The van der Waals surface area contributed by atoms with Crippen LogP contribution in [0.1, 0.15) is 316 Å². The van der Waals surface area contributed by atoms with Crippen molar-refractivity contribution in [3.63, 3.8) is 0 Å². The Morgan fingerprint density at radius 2 is 0.723 bits per heavy atom. The summed E-state index contributed by atoms with van der Waals surface area (Å²) >= 11 is 0. The van der Waals surface area contributed by atoms with Crippen molar-refractivity contribution < 1.29 is 24.5 Å². The van der Waals surface area contributed by atoms with Crippen molar-refractivity contribution in [3.8, 4) is 0 Å². The number of hydrogen-bond acceptors (Lipinski definition) is 5. The van der Waals surface area contributed by atoms with E-state index in [0.717, 1.165) is 83.5 Å². The van der Waals surface area contributed by atoms with Crippen molar-refractivity contribution >= 4 is 11.9 Å². The van der Waals surface area contributed by atoms with E-state index in [1.54, 1.807) is 6.08 Å². The molecule has 0 aromatic rings. The van der Waals surface area contributed by atoms with Gasteiger partial charge in [-0.3, -0.25) is 9.59 Å². The first-order valence-corrected chi connectivity index (χ1v) is 29.1. The fourth-order valence-electron chi connectivity index (χ4n) is 8.98. The van der Waals surface area contributed by atoms with Crippen LogP contribution in [0.15, 0.2) is 24.3 Å². The Hall–Kier alpha value is -1.66. The SMILES string of the molecule is CCCCCCCCCCCCCCCCCCC/C=C/C(O)C(CO)NC(=O)CCCCCCC/C=C\CCCCOC(=O)CCCCCCCCCCCCCCCCCCCC. The van der Waals surface area contributed by atoms with E-state index in [4.69, 9.17) is 4.74 Å². The number of allylic oxidation sites excluding steroid dienone is 3. The molecule has 0 rings (SSSR count). The van der Waals surface area contributed by atoms with Gasteiger partial charge in [0.25, 0.3) is 0 Å². The van der Waals surface area contributed by atoms with Gasteiger partial charge in [-0.2, -0.15) is 0 Å². The number of aliphatic hydroxyl groups excluding tert-OH is 2. The Balaban J connectivity index is 3.51. The summed E-state index contributed by atoms with van der Waals surface area (Å²) in [5.41, 5.74) is 0. The number of aliphatic hydroxyl groups is 2. The van der Waals surface area contributed by atoms with Gasteiger partial charge < -0.3 is 20.3 Å². The third-order valence-corrected chi connectivity index (χ3v) is 13.5. The van der Waals surface area contributed by atoms with E-state index in [2.05, 4.69) is 31.3 Å². The normalized spacial score (nSPS) is 12.7. The first-order valence-electron chi connectivity index (χ1n) is 29.1. The minimum absolute atomic E-state index is 0.0282. The van der Waals surface area contributed by atoms with E-state index in [1.165, 1.54) is 205 Å². The number of unbranched alkanes of at least 4 members (excludes halogenated alkanes) is 41. The molecule has 384 valence electrons. The van der Waals surface area contributed by atoms with Crippen LogP contribution in [-0.2, 0) is 14.3 Å². The summed E-state index contributed by atoms with van der Waals surface area (Å²) < 4.78 is 5.46. The highest BCUT2D eigenvalue weighted by molar-refractivity contribution is 5.76. The molecular weight excluding hydrogens is 803 g/mol. The van der Waals surface area contributed by atoms with Crippen molar-refractivity contribution in [2.75, 3.05) is 13.2 Å². The maximum absolute atomic E-state index is 12.5. The van der Waals surface area contributed by atoms with Crippen LogP contribution in [0, 0.1) is 0 Å². The van der Waals surface area contributed by atoms with Gasteiger partial charge in [0.15, 0.2) is 0 Å². The van der Waals surface area contributed by atoms with Crippen LogP contribution < -0.4 is 5.32 Å². The van der Waals surface area contributed by atoms with Gasteiger partial charge in [-0.1, -0.05) is 269 Å². The summed E-state index contributed by atoms with van der Waals surface area (Å²) in [6.45, 7) is 4.85. The summed E-state index contributed by atoms with van der Waals surface area (Å²) in [7, 11) is 0. The predicted molar refractivity (Wildman–Crippen MR) is 283 cm³/mol. The number of esters is 1. The lowest BCUT2D eigenvalue weighted by Crippen LogP contribution is -2.45. The highest BCUT2D eigenvalue weighted by atomic mass is 16.5. The fourth-order valence-corrected chi connectivity index (χ4v) is 8.98. The molecule has 0 aromatic carbocycles. The Morgan fingerprint density at radius 1 is 0.415 bits per heavy atom. The van der Waals surface area contributed by atoms with Crippen molar-refractivity contribution in [1.82, 2.24) is 5.32 Å². The number of rotatable bonds is 54. The molecule has 6 nitrogen and oxygen atoms in total. The van der Waals surface area contributed by atoms with E-state index < -0.39 is 12.1 Å². The predicted octanol–water partition coefficient (Wildman–Crippen LogP) is 17.9. The highest BCUT2D eigenvalue weighted by Gasteiger charge is 2.18. The highest BCUT2D eigenvalue weighted by Crippen LogP contribution is 2.17. The van der Waals surface area contributed by atoms with E-state index in [1.807, 2.05) is 6.08 Å². The lowest BCUT2D eigenvalue weighted by Gasteiger charge is -2.20. The van der Waals surface area contributed by atoms with Gasteiger partial charge in [-0.15, -0.1) is 0 Å². The molecule has 1 amide bonds.